The fraction of sp³-hybridized carbons (Fsp3) is 0.294. The molecule has 0 saturated heterocycles. The first-order valence-corrected chi connectivity index (χ1v) is 6.73. The van der Waals surface area contributed by atoms with E-state index in [0.29, 0.717) is 5.92 Å². The highest BCUT2D eigenvalue weighted by Crippen LogP contribution is 2.24. The van der Waals surface area contributed by atoms with Gasteiger partial charge in [0.15, 0.2) is 0 Å². The summed E-state index contributed by atoms with van der Waals surface area (Å²) in [6, 6.07) is 17.9. The molecule has 0 unspecified atom stereocenters. The molecule has 0 amide bonds. The molecule has 2 aromatic rings. The van der Waals surface area contributed by atoms with Crippen LogP contribution in [-0.2, 0) is 0 Å². The molecule has 20 heavy (non-hydrogen) atoms. The summed E-state index contributed by atoms with van der Waals surface area (Å²) in [6.07, 6.45) is 0.999. The lowest BCUT2D eigenvalue weighted by Gasteiger charge is -2.15. The van der Waals surface area contributed by atoms with Crippen LogP contribution in [0.1, 0.15) is 31.9 Å². The molecule has 2 aromatic carbocycles. The molecule has 2 rings (SSSR count). The third-order valence-corrected chi connectivity index (χ3v) is 3.01. The minimum atomic E-state index is 0. The number of nitrogens with two attached hydrogens (primary N) is 1. The molecule has 0 aliphatic carbocycles. The van der Waals surface area contributed by atoms with Gasteiger partial charge in [-0.05, 0) is 42.2 Å². The number of para-hydroxylation sites is 1. The van der Waals surface area contributed by atoms with Crippen molar-refractivity contribution in [1.82, 2.24) is 0 Å². The first-order valence-electron chi connectivity index (χ1n) is 6.73. The Kier molecular flexibility index (Phi) is 6.56. The maximum atomic E-state index is 6.16. The van der Waals surface area contributed by atoms with Crippen molar-refractivity contribution in [1.29, 1.82) is 0 Å². The second-order valence-electron chi connectivity index (χ2n) is 5.22. The Morgan fingerprint density at radius 2 is 1.45 bits per heavy atom. The van der Waals surface area contributed by atoms with Gasteiger partial charge in [0.05, 0.1) is 0 Å². The first kappa shape index (κ1) is 16.5. The molecule has 0 spiro atoms. The number of hydrogen-bond acceptors (Lipinski definition) is 2. The molecule has 3 heteroatoms. The van der Waals surface area contributed by atoms with Crippen LogP contribution in [0.5, 0.6) is 11.5 Å². The van der Waals surface area contributed by atoms with Crippen LogP contribution < -0.4 is 10.5 Å². The van der Waals surface area contributed by atoms with Crippen molar-refractivity contribution >= 4 is 12.4 Å². The van der Waals surface area contributed by atoms with Crippen molar-refractivity contribution in [2.75, 3.05) is 0 Å². The number of benzene rings is 2. The van der Waals surface area contributed by atoms with E-state index in [4.69, 9.17) is 10.5 Å². The molecule has 0 saturated carbocycles. The summed E-state index contributed by atoms with van der Waals surface area (Å²) in [5.41, 5.74) is 7.32. The molecule has 0 heterocycles. The minimum Gasteiger partial charge on any atom is -0.457 e. The topological polar surface area (TPSA) is 35.2 Å². The first-order chi connectivity index (χ1) is 9.15. The molecule has 2 nitrogen and oxygen atoms in total. The molecule has 0 aliphatic heterocycles. The Labute approximate surface area is 127 Å². The van der Waals surface area contributed by atoms with Crippen LogP contribution in [0.3, 0.4) is 0 Å². The molecule has 0 bridgehead atoms. The molecular weight excluding hydrogens is 270 g/mol. The Balaban J connectivity index is 0.00000200. The van der Waals surface area contributed by atoms with Crippen LogP contribution in [0.25, 0.3) is 0 Å². The maximum Gasteiger partial charge on any atom is 0.127 e. The van der Waals surface area contributed by atoms with Crippen LogP contribution in [-0.4, -0.2) is 0 Å². The average molecular weight is 292 g/mol. The van der Waals surface area contributed by atoms with E-state index >= 15 is 0 Å². The fourth-order valence-electron chi connectivity index (χ4n) is 2.05. The number of hydrogen-bond donors (Lipinski definition) is 1. The predicted octanol–water partition coefficient (Wildman–Crippen LogP) is 4.95. The summed E-state index contributed by atoms with van der Waals surface area (Å²) in [7, 11) is 0. The molecule has 108 valence electrons. The van der Waals surface area contributed by atoms with Gasteiger partial charge in [-0.2, -0.15) is 0 Å². The van der Waals surface area contributed by atoms with Gasteiger partial charge in [-0.3, -0.25) is 0 Å². The number of ether oxygens (including phenoxy) is 1. The van der Waals surface area contributed by atoms with E-state index in [1.165, 1.54) is 0 Å². The van der Waals surface area contributed by atoms with Gasteiger partial charge in [-0.1, -0.05) is 44.2 Å². The lowest BCUT2D eigenvalue weighted by molar-refractivity contribution is 0.480. The zero-order chi connectivity index (χ0) is 13.7. The van der Waals surface area contributed by atoms with Gasteiger partial charge in [-0.25, -0.2) is 0 Å². The third-order valence-electron chi connectivity index (χ3n) is 3.01. The summed E-state index contributed by atoms with van der Waals surface area (Å²) < 4.78 is 5.75. The van der Waals surface area contributed by atoms with Crippen LogP contribution in [0.2, 0.25) is 0 Å². The standard InChI is InChI=1S/C17H21NO.ClH/c1-13(2)12-17(18)14-8-10-16(11-9-14)19-15-6-4-3-5-7-15;/h3-11,13,17H,12,18H2,1-2H3;1H/t17-;/m0./s1. The van der Waals surface area contributed by atoms with Crippen molar-refractivity contribution in [3.05, 3.63) is 60.2 Å². The van der Waals surface area contributed by atoms with Gasteiger partial charge in [0, 0.05) is 6.04 Å². The van der Waals surface area contributed by atoms with Gasteiger partial charge in [0.25, 0.3) is 0 Å². The Morgan fingerprint density at radius 1 is 0.900 bits per heavy atom. The Bertz CT molecular complexity index is 496. The summed E-state index contributed by atoms with van der Waals surface area (Å²) >= 11 is 0. The average Bonchev–Trinajstić information content (AvgIpc) is 2.40. The van der Waals surface area contributed by atoms with E-state index in [-0.39, 0.29) is 18.4 Å². The summed E-state index contributed by atoms with van der Waals surface area (Å²) in [6.45, 7) is 4.37. The van der Waals surface area contributed by atoms with Gasteiger partial charge in [-0.15, -0.1) is 12.4 Å². The van der Waals surface area contributed by atoms with Crippen molar-refractivity contribution < 1.29 is 4.74 Å². The smallest absolute Gasteiger partial charge is 0.127 e. The van der Waals surface area contributed by atoms with E-state index < -0.39 is 0 Å². The zero-order valence-corrected chi connectivity index (χ0v) is 12.8. The summed E-state index contributed by atoms with van der Waals surface area (Å²) in [5.74, 6) is 2.30. The third kappa shape index (κ3) is 4.87. The second kappa shape index (κ2) is 7.93. The summed E-state index contributed by atoms with van der Waals surface area (Å²) in [5, 5.41) is 0. The highest BCUT2D eigenvalue weighted by Gasteiger charge is 2.08. The molecular formula is C17H22ClNO. The molecule has 1 atom stereocenters. The molecule has 0 radical (unpaired) electrons. The van der Waals surface area contributed by atoms with Crippen LogP contribution in [0.4, 0.5) is 0 Å². The SMILES string of the molecule is CC(C)C[C@H](N)c1ccc(Oc2ccccc2)cc1.Cl. The maximum absolute atomic E-state index is 6.16. The lowest BCUT2D eigenvalue weighted by atomic mass is 9.98. The molecule has 0 aromatic heterocycles. The zero-order valence-electron chi connectivity index (χ0n) is 12.0. The number of halogens is 1. The van der Waals surface area contributed by atoms with Gasteiger partial charge >= 0.3 is 0 Å². The molecule has 2 N–H and O–H groups in total. The van der Waals surface area contributed by atoms with E-state index in [0.717, 1.165) is 23.5 Å². The van der Waals surface area contributed by atoms with E-state index in [1.807, 2.05) is 54.6 Å². The van der Waals surface area contributed by atoms with Crippen LogP contribution in [0.15, 0.2) is 54.6 Å². The van der Waals surface area contributed by atoms with E-state index in [9.17, 15) is 0 Å². The number of rotatable bonds is 5. The van der Waals surface area contributed by atoms with E-state index in [2.05, 4.69) is 13.8 Å². The largest absolute Gasteiger partial charge is 0.457 e. The minimum absolute atomic E-state index is 0. The fourth-order valence-corrected chi connectivity index (χ4v) is 2.05. The normalized spacial score (nSPS) is 11.8. The van der Waals surface area contributed by atoms with E-state index in [1.54, 1.807) is 0 Å². The van der Waals surface area contributed by atoms with Gasteiger partial charge < -0.3 is 10.5 Å². The highest BCUT2D eigenvalue weighted by molar-refractivity contribution is 5.85. The monoisotopic (exact) mass is 291 g/mol. The van der Waals surface area contributed by atoms with Gasteiger partial charge in [0.1, 0.15) is 11.5 Å². The second-order valence-corrected chi connectivity index (χ2v) is 5.22. The van der Waals surface area contributed by atoms with Gasteiger partial charge in [0.2, 0.25) is 0 Å². The quantitative estimate of drug-likeness (QED) is 0.846. The van der Waals surface area contributed by atoms with Crippen LogP contribution in [0, 0.1) is 5.92 Å². The van der Waals surface area contributed by atoms with Crippen molar-refractivity contribution in [3.8, 4) is 11.5 Å². The van der Waals surface area contributed by atoms with Crippen molar-refractivity contribution in [2.24, 2.45) is 11.7 Å². The Morgan fingerprint density at radius 3 is 2.00 bits per heavy atom. The van der Waals surface area contributed by atoms with Crippen molar-refractivity contribution in [2.45, 2.75) is 26.3 Å². The lowest BCUT2D eigenvalue weighted by Crippen LogP contribution is -2.12. The highest BCUT2D eigenvalue weighted by atomic mass is 35.5. The predicted molar refractivity (Wildman–Crippen MR) is 86.6 cm³/mol. The van der Waals surface area contributed by atoms with Crippen LogP contribution >= 0.6 is 12.4 Å². The summed E-state index contributed by atoms with van der Waals surface area (Å²) in [4.78, 5) is 0. The molecule has 0 fully saturated rings. The molecule has 0 aliphatic rings. The van der Waals surface area contributed by atoms with Crippen molar-refractivity contribution in [3.63, 3.8) is 0 Å². The Hall–Kier alpha value is -1.51.